The summed E-state index contributed by atoms with van der Waals surface area (Å²) in [6, 6.07) is 0.341. The van der Waals surface area contributed by atoms with E-state index in [1.54, 1.807) is 11.3 Å². The highest BCUT2D eigenvalue weighted by molar-refractivity contribution is 7.07. The van der Waals surface area contributed by atoms with Crippen molar-refractivity contribution in [3.05, 3.63) is 16.7 Å². The molecule has 1 aliphatic heterocycles. The van der Waals surface area contributed by atoms with Gasteiger partial charge in [-0.05, 0) is 6.42 Å². The van der Waals surface area contributed by atoms with E-state index < -0.39 is 0 Å². The van der Waals surface area contributed by atoms with Gasteiger partial charge in [0.05, 0.1) is 11.6 Å². The highest BCUT2D eigenvalue weighted by Crippen LogP contribution is 2.25. The van der Waals surface area contributed by atoms with E-state index in [0.29, 0.717) is 6.04 Å². The van der Waals surface area contributed by atoms with Crippen LogP contribution in [-0.4, -0.2) is 26.3 Å². The highest BCUT2D eigenvalue weighted by atomic mass is 32.1. The lowest BCUT2D eigenvalue weighted by atomic mass is 10.1. The lowest BCUT2D eigenvalue weighted by Gasteiger charge is -2.24. The fourth-order valence-electron chi connectivity index (χ4n) is 2.27. The molecule has 1 N–H and O–H groups in total. The molecule has 2 aromatic heterocycles. The predicted octanol–water partition coefficient (Wildman–Crippen LogP) is 1.85. The van der Waals surface area contributed by atoms with Crippen molar-refractivity contribution in [3.8, 4) is 11.5 Å². The zero-order valence-electron chi connectivity index (χ0n) is 9.76. The Labute approximate surface area is 104 Å². The highest BCUT2D eigenvalue weighted by Gasteiger charge is 2.25. The van der Waals surface area contributed by atoms with Gasteiger partial charge >= 0.3 is 0 Å². The van der Waals surface area contributed by atoms with Crippen LogP contribution in [-0.2, 0) is 6.54 Å². The summed E-state index contributed by atoms with van der Waals surface area (Å²) in [6.07, 6.45) is 2.26. The number of hydrogen-bond donors (Lipinski definition) is 1. The summed E-state index contributed by atoms with van der Waals surface area (Å²) >= 11 is 1.59. The van der Waals surface area contributed by atoms with Crippen molar-refractivity contribution in [2.24, 2.45) is 0 Å². The van der Waals surface area contributed by atoms with Crippen molar-refractivity contribution in [1.82, 2.24) is 25.1 Å². The van der Waals surface area contributed by atoms with Crippen molar-refractivity contribution >= 4 is 11.3 Å². The Hall–Kier alpha value is -1.27. The van der Waals surface area contributed by atoms with Crippen LogP contribution in [0.3, 0.4) is 0 Å². The molecule has 2 aromatic rings. The molecule has 1 atom stereocenters. The third kappa shape index (κ3) is 1.87. The average molecular weight is 249 g/mol. The van der Waals surface area contributed by atoms with Gasteiger partial charge < -0.3 is 9.88 Å². The van der Waals surface area contributed by atoms with Crippen LogP contribution < -0.4 is 5.32 Å². The molecule has 0 bridgehead atoms. The zero-order chi connectivity index (χ0) is 11.7. The second kappa shape index (κ2) is 4.54. The maximum atomic E-state index is 4.33. The summed E-state index contributed by atoms with van der Waals surface area (Å²) in [7, 11) is 0. The van der Waals surface area contributed by atoms with Crippen molar-refractivity contribution in [2.45, 2.75) is 32.4 Å². The second-order valence-corrected chi connectivity index (χ2v) is 4.92. The third-order valence-electron chi connectivity index (χ3n) is 3.06. The fraction of sp³-hybridized carbons (Fsp3) is 0.545. The Bertz CT molecular complexity index is 490. The molecule has 5 nitrogen and oxygen atoms in total. The van der Waals surface area contributed by atoms with Gasteiger partial charge in [-0.1, -0.05) is 13.3 Å². The Kier molecular flexibility index (Phi) is 2.90. The van der Waals surface area contributed by atoms with Crippen LogP contribution in [0.4, 0.5) is 0 Å². The molecule has 6 heteroatoms. The van der Waals surface area contributed by atoms with Crippen molar-refractivity contribution in [3.63, 3.8) is 0 Å². The monoisotopic (exact) mass is 249 g/mol. The van der Waals surface area contributed by atoms with Crippen LogP contribution in [0.25, 0.3) is 11.5 Å². The van der Waals surface area contributed by atoms with E-state index in [4.69, 9.17) is 0 Å². The predicted molar refractivity (Wildman–Crippen MR) is 66.8 cm³/mol. The van der Waals surface area contributed by atoms with E-state index in [9.17, 15) is 0 Å². The molecule has 0 saturated carbocycles. The molecule has 17 heavy (non-hydrogen) atoms. The molecular weight excluding hydrogens is 234 g/mol. The van der Waals surface area contributed by atoms with E-state index in [0.717, 1.165) is 43.3 Å². The van der Waals surface area contributed by atoms with E-state index in [2.05, 4.69) is 32.0 Å². The zero-order valence-corrected chi connectivity index (χ0v) is 10.6. The molecule has 0 radical (unpaired) electrons. The lowest BCUT2D eigenvalue weighted by Crippen LogP contribution is -2.33. The molecule has 0 aromatic carbocycles. The van der Waals surface area contributed by atoms with Crippen molar-refractivity contribution in [2.75, 3.05) is 6.54 Å². The molecule has 3 rings (SSSR count). The number of thiazole rings is 1. The number of fused-ring (bicyclic) bond motifs is 1. The second-order valence-electron chi connectivity index (χ2n) is 4.20. The van der Waals surface area contributed by atoms with Crippen LogP contribution >= 0.6 is 11.3 Å². The maximum absolute atomic E-state index is 4.33. The molecule has 0 spiro atoms. The lowest BCUT2D eigenvalue weighted by molar-refractivity contribution is 0.394. The minimum atomic E-state index is 0.341. The number of rotatable bonds is 3. The molecule has 90 valence electrons. The number of nitrogens with one attached hydrogen (secondary N) is 1. The molecular formula is C11H15N5S. The van der Waals surface area contributed by atoms with E-state index in [-0.39, 0.29) is 0 Å². The standard InChI is InChI=1S/C11H15N5S/c1-2-3-8-10-14-15-11(9-6-17-7-13-9)16(10)5-4-12-8/h6-8,12H,2-5H2,1H3. The minimum Gasteiger partial charge on any atom is -0.307 e. The molecule has 1 unspecified atom stereocenters. The van der Waals surface area contributed by atoms with Gasteiger partial charge in [-0.3, -0.25) is 0 Å². The number of aromatic nitrogens is 4. The minimum absolute atomic E-state index is 0.341. The first kappa shape index (κ1) is 10.9. The first-order valence-electron chi connectivity index (χ1n) is 5.95. The molecule has 0 aliphatic carbocycles. The number of nitrogens with zero attached hydrogens (tertiary/aromatic N) is 4. The summed E-state index contributed by atoms with van der Waals surface area (Å²) in [6.45, 7) is 4.10. The molecule has 3 heterocycles. The normalized spacial score (nSPS) is 19.2. The Morgan fingerprint density at radius 1 is 1.53 bits per heavy atom. The quantitative estimate of drug-likeness (QED) is 0.902. The van der Waals surface area contributed by atoms with Crippen molar-refractivity contribution in [1.29, 1.82) is 0 Å². The van der Waals surface area contributed by atoms with Gasteiger partial charge in [0.15, 0.2) is 11.6 Å². The van der Waals surface area contributed by atoms with Crippen LogP contribution in [0.1, 0.15) is 31.6 Å². The summed E-state index contributed by atoms with van der Waals surface area (Å²) in [4.78, 5) is 4.31. The van der Waals surface area contributed by atoms with Gasteiger partial charge in [-0.15, -0.1) is 21.5 Å². The van der Waals surface area contributed by atoms with Gasteiger partial charge in [-0.25, -0.2) is 4.98 Å². The summed E-state index contributed by atoms with van der Waals surface area (Å²) in [5.41, 5.74) is 2.77. The maximum Gasteiger partial charge on any atom is 0.183 e. The number of hydrogen-bond acceptors (Lipinski definition) is 5. The molecule has 0 saturated heterocycles. The topological polar surface area (TPSA) is 55.6 Å². The van der Waals surface area contributed by atoms with Crippen LogP contribution in [0.2, 0.25) is 0 Å². The first-order valence-corrected chi connectivity index (χ1v) is 6.89. The Morgan fingerprint density at radius 2 is 2.47 bits per heavy atom. The Balaban J connectivity index is 1.99. The van der Waals surface area contributed by atoms with Gasteiger partial charge in [0.2, 0.25) is 0 Å². The smallest absolute Gasteiger partial charge is 0.183 e. The average Bonchev–Trinajstić information content (AvgIpc) is 2.97. The molecule has 0 amide bonds. The molecule has 0 fully saturated rings. The fourth-order valence-corrected chi connectivity index (χ4v) is 2.80. The van der Waals surface area contributed by atoms with E-state index >= 15 is 0 Å². The summed E-state index contributed by atoms with van der Waals surface area (Å²) in [5.74, 6) is 1.96. The van der Waals surface area contributed by atoms with Gasteiger partial charge in [-0.2, -0.15) is 0 Å². The molecule has 1 aliphatic rings. The summed E-state index contributed by atoms with van der Waals surface area (Å²) < 4.78 is 2.20. The Morgan fingerprint density at radius 3 is 3.24 bits per heavy atom. The SMILES string of the molecule is CCCC1NCCn2c(-c3cscn3)nnc21. The van der Waals surface area contributed by atoms with E-state index in [1.165, 1.54) is 0 Å². The summed E-state index contributed by atoms with van der Waals surface area (Å²) in [5, 5.41) is 14.1. The largest absolute Gasteiger partial charge is 0.307 e. The van der Waals surface area contributed by atoms with Gasteiger partial charge in [0, 0.05) is 18.5 Å². The van der Waals surface area contributed by atoms with Gasteiger partial charge in [0.25, 0.3) is 0 Å². The van der Waals surface area contributed by atoms with Crippen LogP contribution in [0.15, 0.2) is 10.9 Å². The van der Waals surface area contributed by atoms with Gasteiger partial charge in [0.1, 0.15) is 5.69 Å². The van der Waals surface area contributed by atoms with E-state index in [1.807, 2.05) is 10.9 Å². The third-order valence-corrected chi connectivity index (χ3v) is 3.64. The first-order chi connectivity index (χ1) is 8.40. The van der Waals surface area contributed by atoms with Crippen LogP contribution in [0.5, 0.6) is 0 Å². The van der Waals surface area contributed by atoms with Crippen LogP contribution in [0, 0.1) is 0 Å². The van der Waals surface area contributed by atoms with Crippen molar-refractivity contribution < 1.29 is 0 Å².